The topological polar surface area (TPSA) is 47.6 Å². The van der Waals surface area contributed by atoms with Crippen LogP contribution < -0.4 is 15.5 Å². The molecule has 0 aromatic heterocycles. The first-order chi connectivity index (χ1) is 12.7. The fourth-order valence-corrected chi connectivity index (χ4v) is 3.11. The van der Waals surface area contributed by atoms with Gasteiger partial charge in [0.1, 0.15) is 5.82 Å². The van der Waals surface area contributed by atoms with Crippen LogP contribution in [0.5, 0.6) is 0 Å². The summed E-state index contributed by atoms with van der Waals surface area (Å²) >= 11 is 0. The molecule has 2 aromatic rings. The highest BCUT2D eigenvalue weighted by Crippen LogP contribution is 2.26. The van der Waals surface area contributed by atoms with Crippen molar-refractivity contribution in [2.24, 2.45) is 0 Å². The molecular formula is C20H25FN4O. The van der Waals surface area contributed by atoms with Crippen molar-refractivity contribution in [2.75, 3.05) is 42.9 Å². The van der Waals surface area contributed by atoms with Gasteiger partial charge in [-0.05, 0) is 36.4 Å². The molecule has 1 aliphatic heterocycles. The highest BCUT2D eigenvalue weighted by Gasteiger charge is 2.18. The summed E-state index contributed by atoms with van der Waals surface area (Å²) in [6, 6.07) is 13.7. The number of para-hydroxylation sites is 2. The van der Waals surface area contributed by atoms with E-state index in [2.05, 4.69) is 27.4 Å². The third-order valence-corrected chi connectivity index (χ3v) is 4.68. The van der Waals surface area contributed by atoms with Gasteiger partial charge >= 0.3 is 6.03 Å². The first-order valence-electron chi connectivity index (χ1n) is 9.01. The number of nitrogens with one attached hydrogen (secondary N) is 2. The van der Waals surface area contributed by atoms with Crippen LogP contribution in [0.4, 0.5) is 20.6 Å². The van der Waals surface area contributed by atoms with Crippen molar-refractivity contribution >= 4 is 17.4 Å². The molecule has 2 N–H and O–H groups in total. The molecule has 2 amide bonds. The second-order valence-corrected chi connectivity index (χ2v) is 6.37. The summed E-state index contributed by atoms with van der Waals surface area (Å²) in [5, 5.41) is 5.75. The minimum absolute atomic E-state index is 0.269. The number of carbonyl (C=O) groups is 1. The van der Waals surface area contributed by atoms with E-state index in [-0.39, 0.29) is 11.8 Å². The molecule has 0 spiro atoms. The highest BCUT2D eigenvalue weighted by atomic mass is 19.1. The summed E-state index contributed by atoms with van der Waals surface area (Å²) in [7, 11) is 0. The van der Waals surface area contributed by atoms with Crippen LogP contribution in [0, 0.1) is 5.82 Å². The molecule has 0 saturated carbocycles. The highest BCUT2D eigenvalue weighted by molar-refractivity contribution is 5.93. The summed E-state index contributed by atoms with van der Waals surface area (Å²) in [6.07, 6.45) is 0. The van der Waals surface area contributed by atoms with E-state index in [1.54, 1.807) is 12.1 Å². The van der Waals surface area contributed by atoms with E-state index in [0.717, 1.165) is 49.7 Å². The lowest BCUT2D eigenvalue weighted by Gasteiger charge is -2.36. The van der Waals surface area contributed by atoms with Crippen LogP contribution in [0.2, 0.25) is 0 Å². The van der Waals surface area contributed by atoms with Gasteiger partial charge in [0.05, 0.1) is 11.4 Å². The Labute approximate surface area is 153 Å². The minimum Gasteiger partial charge on any atom is -0.367 e. The monoisotopic (exact) mass is 356 g/mol. The first-order valence-corrected chi connectivity index (χ1v) is 9.01. The van der Waals surface area contributed by atoms with E-state index in [1.807, 2.05) is 24.3 Å². The van der Waals surface area contributed by atoms with E-state index in [9.17, 15) is 9.18 Å². The Bertz CT molecular complexity index is 727. The molecule has 3 rings (SSSR count). The fraction of sp³-hybridized carbons (Fsp3) is 0.350. The van der Waals surface area contributed by atoms with Crippen LogP contribution >= 0.6 is 0 Å². The number of urea groups is 1. The van der Waals surface area contributed by atoms with Gasteiger partial charge in [-0.15, -0.1) is 0 Å². The molecule has 26 heavy (non-hydrogen) atoms. The zero-order valence-electron chi connectivity index (χ0n) is 15.0. The Hall–Kier alpha value is -2.60. The van der Waals surface area contributed by atoms with Gasteiger partial charge in [-0.2, -0.15) is 0 Å². The number of rotatable bonds is 5. The smallest absolute Gasteiger partial charge is 0.319 e. The SMILES string of the molecule is CCN1CCN(c2ccccc2NC(=O)NCc2ccc(F)cc2)CC1. The zero-order chi connectivity index (χ0) is 18.4. The summed E-state index contributed by atoms with van der Waals surface area (Å²) in [6.45, 7) is 7.55. The quantitative estimate of drug-likeness (QED) is 0.864. The molecule has 0 radical (unpaired) electrons. The summed E-state index contributed by atoms with van der Waals surface area (Å²) in [4.78, 5) is 17.0. The average molecular weight is 356 g/mol. The number of nitrogens with zero attached hydrogens (tertiary/aromatic N) is 2. The predicted octanol–water partition coefficient (Wildman–Crippen LogP) is 3.29. The third-order valence-electron chi connectivity index (χ3n) is 4.68. The average Bonchev–Trinajstić information content (AvgIpc) is 2.68. The van der Waals surface area contributed by atoms with Gasteiger partial charge in [0.25, 0.3) is 0 Å². The van der Waals surface area contributed by atoms with E-state index < -0.39 is 0 Å². The van der Waals surface area contributed by atoms with Gasteiger partial charge in [-0.25, -0.2) is 9.18 Å². The maximum Gasteiger partial charge on any atom is 0.319 e. The van der Waals surface area contributed by atoms with Crippen molar-refractivity contribution in [3.63, 3.8) is 0 Å². The van der Waals surface area contributed by atoms with E-state index in [0.29, 0.717) is 6.54 Å². The maximum atomic E-state index is 12.9. The molecule has 1 fully saturated rings. The normalized spacial score (nSPS) is 14.9. The molecular weight excluding hydrogens is 331 g/mol. The van der Waals surface area contributed by atoms with E-state index >= 15 is 0 Å². The maximum absolute atomic E-state index is 12.9. The fourth-order valence-electron chi connectivity index (χ4n) is 3.11. The molecule has 0 unspecified atom stereocenters. The molecule has 138 valence electrons. The molecule has 0 bridgehead atoms. The molecule has 2 aromatic carbocycles. The van der Waals surface area contributed by atoms with Gasteiger partial charge in [0.2, 0.25) is 0 Å². The van der Waals surface area contributed by atoms with Gasteiger partial charge < -0.3 is 20.4 Å². The number of carbonyl (C=O) groups excluding carboxylic acids is 1. The second-order valence-electron chi connectivity index (χ2n) is 6.37. The molecule has 1 aliphatic rings. The Morgan fingerprint density at radius 2 is 1.73 bits per heavy atom. The number of anilines is 2. The van der Waals surface area contributed by atoms with Crippen LogP contribution in [-0.2, 0) is 6.54 Å². The number of amides is 2. The van der Waals surface area contributed by atoms with Gasteiger partial charge in [0, 0.05) is 32.7 Å². The standard InChI is InChI=1S/C20H25FN4O/c1-2-24-11-13-25(14-12-24)19-6-4-3-5-18(19)23-20(26)22-15-16-7-9-17(21)10-8-16/h3-10H,2,11-15H2,1H3,(H2,22,23,26). The Kier molecular flexibility index (Phi) is 6.07. The van der Waals surface area contributed by atoms with Crippen molar-refractivity contribution < 1.29 is 9.18 Å². The number of halogens is 1. The van der Waals surface area contributed by atoms with E-state index in [4.69, 9.17) is 0 Å². The molecule has 1 saturated heterocycles. The predicted molar refractivity (Wildman–Crippen MR) is 103 cm³/mol. The molecule has 5 nitrogen and oxygen atoms in total. The summed E-state index contributed by atoms with van der Waals surface area (Å²) in [5.41, 5.74) is 2.69. The van der Waals surface area contributed by atoms with Crippen LogP contribution in [0.3, 0.4) is 0 Å². The largest absolute Gasteiger partial charge is 0.367 e. The van der Waals surface area contributed by atoms with Crippen LogP contribution in [0.25, 0.3) is 0 Å². The number of piperazine rings is 1. The molecule has 0 aliphatic carbocycles. The molecule has 6 heteroatoms. The third kappa shape index (κ3) is 4.73. The Balaban J connectivity index is 1.59. The lowest BCUT2D eigenvalue weighted by atomic mass is 10.2. The van der Waals surface area contributed by atoms with Gasteiger partial charge in [-0.3, -0.25) is 0 Å². The van der Waals surface area contributed by atoms with Crippen molar-refractivity contribution in [1.29, 1.82) is 0 Å². The van der Waals surface area contributed by atoms with Crippen molar-refractivity contribution in [3.05, 3.63) is 59.9 Å². The number of likely N-dealkylation sites (N-methyl/N-ethyl adjacent to an activating group) is 1. The van der Waals surface area contributed by atoms with Crippen LogP contribution in [-0.4, -0.2) is 43.7 Å². The Morgan fingerprint density at radius 1 is 1.04 bits per heavy atom. The van der Waals surface area contributed by atoms with Crippen molar-refractivity contribution in [1.82, 2.24) is 10.2 Å². The van der Waals surface area contributed by atoms with Crippen molar-refractivity contribution in [2.45, 2.75) is 13.5 Å². The Morgan fingerprint density at radius 3 is 2.42 bits per heavy atom. The lowest BCUT2D eigenvalue weighted by molar-refractivity contribution is 0.251. The summed E-state index contributed by atoms with van der Waals surface area (Å²) < 4.78 is 12.9. The number of hydrogen-bond donors (Lipinski definition) is 2. The molecule has 0 atom stereocenters. The molecule has 1 heterocycles. The number of hydrogen-bond acceptors (Lipinski definition) is 3. The minimum atomic E-state index is -0.282. The zero-order valence-corrected chi connectivity index (χ0v) is 15.0. The van der Waals surface area contributed by atoms with Gasteiger partial charge in [-0.1, -0.05) is 31.2 Å². The second kappa shape index (κ2) is 8.67. The van der Waals surface area contributed by atoms with Crippen LogP contribution in [0.1, 0.15) is 12.5 Å². The van der Waals surface area contributed by atoms with Crippen LogP contribution in [0.15, 0.2) is 48.5 Å². The van der Waals surface area contributed by atoms with E-state index in [1.165, 1.54) is 12.1 Å². The van der Waals surface area contributed by atoms with Gasteiger partial charge in [0.15, 0.2) is 0 Å². The first kappa shape index (κ1) is 18.2. The lowest BCUT2D eigenvalue weighted by Crippen LogP contribution is -2.46. The van der Waals surface area contributed by atoms with Crippen molar-refractivity contribution in [3.8, 4) is 0 Å². The summed E-state index contributed by atoms with van der Waals surface area (Å²) in [5.74, 6) is -0.282. The number of benzene rings is 2.